The standard InChI is InChI=1S/C19H25N3O/c1-23-19-18(5-3-11-21-19)15-22-12-8-16(9-13-22)6-7-17-4-2-10-20-14-17/h2-5,10-11,14,16H,6-9,12-13,15H2,1H3. The van der Waals surface area contributed by atoms with Gasteiger partial charge in [0.25, 0.3) is 0 Å². The van der Waals surface area contributed by atoms with Crippen LogP contribution in [-0.2, 0) is 13.0 Å². The van der Waals surface area contributed by atoms with Gasteiger partial charge in [-0.05, 0) is 62.4 Å². The van der Waals surface area contributed by atoms with Gasteiger partial charge in [-0.1, -0.05) is 12.1 Å². The summed E-state index contributed by atoms with van der Waals surface area (Å²) >= 11 is 0. The molecule has 0 aromatic carbocycles. The summed E-state index contributed by atoms with van der Waals surface area (Å²) < 4.78 is 5.35. The average Bonchev–Trinajstić information content (AvgIpc) is 2.62. The molecule has 1 aliphatic rings. The fourth-order valence-electron chi connectivity index (χ4n) is 3.32. The van der Waals surface area contributed by atoms with Crippen LogP contribution in [-0.4, -0.2) is 35.1 Å². The summed E-state index contributed by atoms with van der Waals surface area (Å²) in [6.07, 6.45) is 10.6. The molecule has 0 amide bonds. The van der Waals surface area contributed by atoms with Gasteiger partial charge >= 0.3 is 0 Å². The largest absolute Gasteiger partial charge is 0.481 e. The van der Waals surface area contributed by atoms with Crippen molar-refractivity contribution in [3.63, 3.8) is 0 Å². The van der Waals surface area contributed by atoms with Crippen molar-refractivity contribution in [1.82, 2.24) is 14.9 Å². The van der Waals surface area contributed by atoms with Crippen LogP contribution in [0.2, 0.25) is 0 Å². The Bertz CT molecular complexity index is 595. The topological polar surface area (TPSA) is 38.2 Å². The van der Waals surface area contributed by atoms with Gasteiger partial charge in [0.15, 0.2) is 0 Å². The number of pyridine rings is 2. The first-order chi connectivity index (χ1) is 11.3. The van der Waals surface area contributed by atoms with E-state index < -0.39 is 0 Å². The minimum atomic E-state index is 0.756. The Morgan fingerprint density at radius 1 is 1.17 bits per heavy atom. The number of ether oxygens (including phenoxy) is 1. The highest BCUT2D eigenvalue weighted by Gasteiger charge is 2.20. The van der Waals surface area contributed by atoms with Gasteiger partial charge in [0, 0.05) is 30.7 Å². The average molecular weight is 311 g/mol. The zero-order valence-corrected chi connectivity index (χ0v) is 13.8. The number of likely N-dealkylation sites (tertiary alicyclic amines) is 1. The van der Waals surface area contributed by atoms with Crippen LogP contribution >= 0.6 is 0 Å². The minimum Gasteiger partial charge on any atom is -0.481 e. The molecule has 3 heterocycles. The molecule has 122 valence electrons. The second-order valence-electron chi connectivity index (χ2n) is 6.29. The van der Waals surface area contributed by atoms with Gasteiger partial charge in [-0.15, -0.1) is 0 Å². The fraction of sp³-hybridized carbons (Fsp3) is 0.474. The van der Waals surface area contributed by atoms with E-state index in [4.69, 9.17) is 4.74 Å². The normalized spacial score (nSPS) is 16.4. The van der Waals surface area contributed by atoms with Gasteiger partial charge in [-0.25, -0.2) is 4.98 Å². The molecule has 4 heteroatoms. The van der Waals surface area contributed by atoms with E-state index in [0.717, 1.165) is 37.9 Å². The van der Waals surface area contributed by atoms with E-state index in [-0.39, 0.29) is 0 Å². The number of methoxy groups -OCH3 is 1. The summed E-state index contributed by atoms with van der Waals surface area (Å²) in [4.78, 5) is 11.0. The molecule has 0 aliphatic carbocycles. The molecule has 23 heavy (non-hydrogen) atoms. The van der Waals surface area contributed by atoms with E-state index >= 15 is 0 Å². The third-order valence-electron chi connectivity index (χ3n) is 4.71. The van der Waals surface area contributed by atoms with E-state index in [1.54, 1.807) is 13.3 Å². The molecule has 0 bridgehead atoms. The predicted octanol–water partition coefficient (Wildman–Crippen LogP) is 3.33. The Hall–Kier alpha value is -1.94. The number of hydrogen-bond donors (Lipinski definition) is 0. The number of rotatable bonds is 6. The molecule has 0 unspecified atom stereocenters. The van der Waals surface area contributed by atoms with Crippen molar-refractivity contribution in [1.29, 1.82) is 0 Å². The molecule has 3 rings (SSSR count). The van der Waals surface area contributed by atoms with Crippen molar-refractivity contribution >= 4 is 0 Å². The quantitative estimate of drug-likeness (QED) is 0.820. The Morgan fingerprint density at radius 2 is 2.00 bits per heavy atom. The number of aromatic nitrogens is 2. The van der Waals surface area contributed by atoms with Gasteiger partial charge in [0.05, 0.1) is 7.11 Å². The van der Waals surface area contributed by atoms with E-state index in [9.17, 15) is 0 Å². The third kappa shape index (κ3) is 4.52. The third-order valence-corrected chi connectivity index (χ3v) is 4.71. The van der Waals surface area contributed by atoms with Crippen LogP contribution in [0.25, 0.3) is 0 Å². The van der Waals surface area contributed by atoms with Crippen molar-refractivity contribution in [3.8, 4) is 5.88 Å². The summed E-state index contributed by atoms with van der Waals surface area (Å²) in [6.45, 7) is 3.26. The van der Waals surface area contributed by atoms with Crippen LogP contribution in [0.5, 0.6) is 5.88 Å². The molecular formula is C19H25N3O. The van der Waals surface area contributed by atoms with E-state index in [1.165, 1.54) is 30.4 Å². The lowest BCUT2D eigenvalue weighted by molar-refractivity contribution is 0.170. The van der Waals surface area contributed by atoms with E-state index in [1.807, 2.05) is 24.5 Å². The van der Waals surface area contributed by atoms with Crippen molar-refractivity contribution in [2.45, 2.75) is 32.2 Å². The maximum Gasteiger partial charge on any atom is 0.217 e. The summed E-state index contributed by atoms with van der Waals surface area (Å²) in [6, 6.07) is 8.30. The number of nitrogens with zero attached hydrogens (tertiary/aromatic N) is 3. The molecule has 0 saturated carbocycles. The van der Waals surface area contributed by atoms with Gasteiger partial charge in [-0.3, -0.25) is 9.88 Å². The number of hydrogen-bond acceptors (Lipinski definition) is 4. The molecule has 1 aliphatic heterocycles. The predicted molar refractivity (Wildman–Crippen MR) is 91.3 cm³/mol. The second-order valence-corrected chi connectivity index (χ2v) is 6.29. The van der Waals surface area contributed by atoms with Crippen LogP contribution in [0.4, 0.5) is 0 Å². The summed E-state index contributed by atoms with van der Waals surface area (Å²) in [5.74, 6) is 1.59. The lowest BCUT2D eigenvalue weighted by Crippen LogP contribution is -2.33. The fourth-order valence-corrected chi connectivity index (χ4v) is 3.32. The molecule has 0 atom stereocenters. The summed E-state index contributed by atoms with van der Waals surface area (Å²) in [5.41, 5.74) is 2.54. The molecule has 0 radical (unpaired) electrons. The van der Waals surface area contributed by atoms with Gasteiger partial charge in [0.1, 0.15) is 0 Å². The van der Waals surface area contributed by atoms with Crippen LogP contribution in [0.15, 0.2) is 42.9 Å². The van der Waals surface area contributed by atoms with Crippen molar-refractivity contribution < 1.29 is 4.74 Å². The highest BCUT2D eigenvalue weighted by molar-refractivity contribution is 5.25. The van der Waals surface area contributed by atoms with Crippen LogP contribution in [0.3, 0.4) is 0 Å². The van der Waals surface area contributed by atoms with Crippen molar-refractivity contribution in [3.05, 3.63) is 54.0 Å². The van der Waals surface area contributed by atoms with Gasteiger partial charge in [0.2, 0.25) is 5.88 Å². The van der Waals surface area contributed by atoms with Gasteiger partial charge in [-0.2, -0.15) is 0 Å². The van der Waals surface area contributed by atoms with E-state index in [2.05, 4.69) is 27.0 Å². The van der Waals surface area contributed by atoms with Gasteiger partial charge < -0.3 is 4.74 Å². The maximum atomic E-state index is 5.35. The summed E-state index contributed by atoms with van der Waals surface area (Å²) in [5, 5.41) is 0. The van der Waals surface area contributed by atoms with E-state index in [0.29, 0.717) is 0 Å². The first kappa shape index (κ1) is 15.9. The van der Waals surface area contributed by atoms with Crippen LogP contribution in [0.1, 0.15) is 30.4 Å². The molecule has 2 aromatic rings. The Labute approximate surface area is 138 Å². The number of aryl methyl sites for hydroxylation is 1. The zero-order chi connectivity index (χ0) is 15.9. The molecular weight excluding hydrogens is 286 g/mol. The highest BCUT2D eigenvalue weighted by atomic mass is 16.5. The lowest BCUT2D eigenvalue weighted by atomic mass is 9.90. The smallest absolute Gasteiger partial charge is 0.217 e. The van der Waals surface area contributed by atoms with Crippen LogP contribution < -0.4 is 4.74 Å². The molecule has 0 N–H and O–H groups in total. The van der Waals surface area contributed by atoms with Crippen molar-refractivity contribution in [2.75, 3.05) is 20.2 Å². The first-order valence-electron chi connectivity index (χ1n) is 8.44. The molecule has 4 nitrogen and oxygen atoms in total. The van der Waals surface area contributed by atoms with Crippen LogP contribution in [0, 0.1) is 5.92 Å². The second kappa shape index (κ2) is 8.06. The molecule has 0 spiro atoms. The summed E-state index contributed by atoms with van der Waals surface area (Å²) in [7, 11) is 1.69. The highest BCUT2D eigenvalue weighted by Crippen LogP contribution is 2.25. The molecule has 1 fully saturated rings. The molecule has 1 saturated heterocycles. The Kier molecular flexibility index (Phi) is 5.59. The monoisotopic (exact) mass is 311 g/mol. The minimum absolute atomic E-state index is 0.756. The maximum absolute atomic E-state index is 5.35. The zero-order valence-electron chi connectivity index (χ0n) is 13.8. The lowest BCUT2D eigenvalue weighted by Gasteiger charge is -2.32. The Balaban J connectivity index is 1.45. The number of piperidine rings is 1. The van der Waals surface area contributed by atoms with Crippen molar-refractivity contribution in [2.24, 2.45) is 5.92 Å². The molecule has 2 aromatic heterocycles. The SMILES string of the molecule is COc1ncccc1CN1CCC(CCc2cccnc2)CC1. The Morgan fingerprint density at radius 3 is 2.74 bits per heavy atom. The first-order valence-corrected chi connectivity index (χ1v) is 8.44.